The van der Waals surface area contributed by atoms with Gasteiger partial charge in [0.15, 0.2) is 0 Å². The van der Waals surface area contributed by atoms with Crippen molar-refractivity contribution < 1.29 is 4.39 Å². The number of halogens is 1. The Morgan fingerprint density at radius 1 is 1.83 bits per heavy atom. The fourth-order valence-electron chi connectivity index (χ4n) is 0.540. The van der Waals surface area contributed by atoms with Crippen molar-refractivity contribution in [3.05, 3.63) is 0 Å². The highest BCUT2D eigenvalue weighted by Gasteiger charge is 2.47. The fourth-order valence-corrected chi connectivity index (χ4v) is 0.540. The Kier molecular flexibility index (Phi) is 0.527. The van der Waals surface area contributed by atoms with Crippen LogP contribution >= 0.6 is 0 Å². The maximum absolute atomic E-state index is 12.2. The second kappa shape index (κ2) is 0.772. The average molecular weight is 88.1 g/mol. The van der Waals surface area contributed by atoms with E-state index in [9.17, 15) is 4.39 Å². The predicted octanol–water partition coefficient (Wildman–Crippen LogP) is 1.75. The van der Waals surface area contributed by atoms with Gasteiger partial charge in [0, 0.05) is 0 Å². The summed E-state index contributed by atoms with van der Waals surface area (Å²) in [4.78, 5) is 0. The van der Waals surface area contributed by atoms with Gasteiger partial charge in [-0.15, -0.1) is 0 Å². The first-order valence-electron chi connectivity index (χ1n) is 2.32. The van der Waals surface area contributed by atoms with E-state index in [1.807, 2.05) is 6.92 Å². The van der Waals surface area contributed by atoms with Crippen LogP contribution in [0, 0.1) is 5.92 Å². The Morgan fingerprint density at radius 3 is 2.00 bits per heavy atom. The third-order valence-corrected chi connectivity index (χ3v) is 1.57. The zero-order valence-electron chi connectivity index (χ0n) is 4.16. The topological polar surface area (TPSA) is 0 Å². The molecule has 1 heteroatoms. The van der Waals surface area contributed by atoms with Crippen molar-refractivity contribution in [3.8, 4) is 0 Å². The molecule has 1 aliphatic carbocycles. The van der Waals surface area contributed by atoms with Crippen LogP contribution in [0.2, 0.25) is 0 Å². The molecule has 1 unspecified atom stereocenters. The molecule has 2 atom stereocenters. The summed E-state index contributed by atoms with van der Waals surface area (Å²) in [7, 11) is 0. The number of alkyl halides is 1. The summed E-state index contributed by atoms with van der Waals surface area (Å²) in [5, 5.41) is 0. The van der Waals surface area contributed by atoms with Gasteiger partial charge in [-0.25, -0.2) is 4.39 Å². The lowest BCUT2D eigenvalue weighted by atomic mass is 10.3. The summed E-state index contributed by atoms with van der Waals surface area (Å²) >= 11 is 0. The first-order valence-corrected chi connectivity index (χ1v) is 2.32. The summed E-state index contributed by atoms with van der Waals surface area (Å²) in [5.41, 5.74) is -0.792. The highest BCUT2D eigenvalue weighted by atomic mass is 19.1. The highest BCUT2D eigenvalue weighted by molar-refractivity contribution is 4.96. The monoisotopic (exact) mass is 88.1 g/mol. The van der Waals surface area contributed by atoms with Crippen LogP contribution in [0.1, 0.15) is 20.3 Å². The predicted molar refractivity (Wildman–Crippen MR) is 23.3 cm³/mol. The number of hydrogen-bond acceptors (Lipinski definition) is 0. The molecular weight excluding hydrogens is 79.1 g/mol. The minimum atomic E-state index is -0.792. The minimum Gasteiger partial charge on any atom is -0.244 e. The summed E-state index contributed by atoms with van der Waals surface area (Å²) in [6.07, 6.45) is 0.771. The third kappa shape index (κ3) is 0.423. The molecule has 0 aromatic carbocycles. The van der Waals surface area contributed by atoms with Crippen LogP contribution in [0.5, 0.6) is 0 Å². The molecule has 1 saturated carbocycles. The van der Waals surface area contributed by atoms with Gasteiger partial charge in [-0.3, -0.25) is 0 Å². The van der Waals surface area contributed by atoms with Crippen LogP contribution in [0.3, 0.4) is 0 Å². The van der Waals surface area contributed by atoms with Gasteiger partial charge in [0.25, 0.3) is 0 Å². The molecule has 36 valence electrons. The molecule has 0 aliphatic heterocycles. The van der Waals surface area contributed by atoms with Crippen LogP contribution in [0.25, 0.3) is 0 Å². The summed E-state index contributed by atoms with van der Waals surface area (Å²) in [6.45, 7) is 3.58. The van der Waals surface area contributed by atoms with Crippen LogP contribution in [0.15, 0.2) is 0 Å². The lowest BCUT2D eigenvalue weighted by molar-refractivity contribution is 0.315. The molecule has 0 aromatic heterocycles. The van der Waals surface area contributed by atoms with E-state index in [1.54, 1.807) is 6.92 Å². The van der Waals surface area contributed by atoms with Gasteiger partial charge in [0.05, 0.1) is 0 Å². The van der Waals surface area contributed by atoms with Crippen LogP contribution < -0.4 is 0 Å². The summed E-state index contributed by atoms with van der Waals surface area (Å²) in [6, 6.07) is 0. The molecule has 0 bridgehead atoms. The summed E-state index contributed by atoms with van der Waals surface area (Å²) in [5.74, 6) is 0.331. The molecule has 0 N–H and O–H groups in total. The largest absolute Gasteiger partial charge is 0.244 e. The Hall–Kier alpha value is -0.0700. The van der Waals surface area contributed by atoms with Crippen molar-refractivity contribution in [1.82, 2.24) is 0 Å². The van der Waals surface area contributed by atoms with E-state index < -0.39 is 5.67 Å². The molecule has 0 spiro atoms. The van der Waals surface area contributed by atoms with E-state index in [4.69, 9.17) is 0 Å². The molecular formula is C5H9F. The molecule has 1 fully saturated rings. The smallest absolute Gasteiger partial charge is 0.111 e. The minimum absolute atomic E-state index is 0.331. The lowest BCUT2D eigenvalue weighted by Gasteiger charge is -1.87. The SMILES string of the molecule is C[C@H]1CC1(C)F. The van der Waals surface area contributed by atoms with Gasteiger partial charge in [-0.05, 0) is 19.3 Å². The third-order valence-electron chi connectivity index (χ3n) is 1.57. The van der Waals surface area contributed by atoms with E-state index in [0.717, 1.165) is 6.42 Å². The van der Waals surface area contributed by atoms with Gasteiger partial charge in [0.2, 0.25) is 0 Å². The standard InChI is InChI=1S/C5H9F/c1-4-3-5(4,2)6/h4H,3H2,1-2H3/t4-,5?/m0/s1. The van der Waals surface area contributed by atoms with E-state index in [1.165, 1.54) is 0 Å². The second-order valence-corrected chi connectivity index (χ2v) is 2.38. The van der Waals surface area contributed by atoms with Crippen molar-refractivity contribution in [1.29, 1.82) is 0 Å². The molecule has 0 amide bonds. The maximum atomic E-state index is 12.2. The highest BCUT2D eigenvalue weighted by Crippen LogP contribution is 2.45. The quantitative estimate of drug-likeness (QED) is 0.423. The normalized spacial score (nSPS) is 55.5. The molecule has 0 aromatic rings. The Labute approximate surface area is 37.4 Å². The molecule has 1 aliphatic rings. The van der Waals surface area contributed by atoms with E-state index >= 15 is 0 Å². The zero-order chi connectivity index (χ0) is 4.78. The van der Waals surface area contributed by atoms with E-state index in [2.05, 4.69) is 0 Å². The first kappa shape index (κ1) is 4.10. The van der Waals surface area contributed by atoms with Crippen molar-refractivity contribution in [2.75, 3.05) is 0 Å². The molecule has 0 saturated heterocycles. The van der Waals surface area contributed by atoms with Gasteiger partial charge >= 0.3 is 0 Å². The Balaban J connectivity index is 2.41. The first-order chi connectivity index (χ1) is 2.63. The molecule has 0 nitrogen and oxygen atoms in total. The van der Waals surface area contributed by atoms with Crippen molar-refractivity contribution in [2.45, 2.75) is 25.9 Å². The lowest BCUT2D eigenvalue weighted by Crippen LogP contribution is -1.90. The van der Waals surface area contributed by atoms with Gasteiger partial charge in [-0.1, -0.05) is 6.92 Å². The zero-order valence-corrected chi connectivity index (χ0v) is 4.16. The molecule has 1 rings (SSSR count). The average Bonchev–Trinajstić information content (AvgIpc) is 1.73. The van der Waals surface area contributed by atoms with Crippen molar-refractivity contribution in [2.24, 2.45) is 5.92 Å². The van der Waals surface area contributed by atoms with Gasteiger partial charge < -0.3 is 0 Å². The Bertz CT molecular complexity index is 66.3. The molecule has 6 heavy (non-hydrogen) atoms. The van der Waals surface area contributed by atoms with E-state index in [0.29, 0.717) is 5.92 Å². The fraction of sp³-hybridized carbons (Fsp3) is 1.00. The van der Waals surface area contributed by atoms with Crippen LogP contribution in [0.4, 0.5) is 4.39 Å². The number of rotatable bonds is 0. The van der Waals surface area contributed by atoms with Crippen LogP contribution in [-0.2, 0) is 0 Å². The number of hydrogen-bond donors (Lipinski definition) is 0. The Morgan fingerprint density at radius 2 is 2.00 bits per heavy atom. The van der Waals surface area contributed by atoms with Gasteiger partial charge in [-0.2, -0.15) is 0 Å². The van der Waals surface area contributed by atoms with Gasteiger partial charge in [0.1, 0.15) is 5.67 Å². The summed E-state index contributed by atoms with van der Waals surface area (Å²) < 4.78 is 12.2. The maximum Gasteiger partial charge on any atom is 0.111 e. The van der Waals surface area contributed by atoms with Crippen molar-refractivity contribution in [3.63, 3.8) is 0 Å². The van der Waals surface area contributed by atoms with Crippen LogP contribution in [-0.4, -0.2) is 5.67 Å². The molecule has 0 heterocycles. The molecule has 0 radical (unpaired) electrons. The second-order valence-electron chi connectivity index (χ2n) is 2.38. The van der Waals surface area contributed by atoms with E-state index in [-0.39, 0.29) is 0 Å². The van der Waals surface area contributed by atoms with Crippen molar-refractivity contribution >= 4 is 0 Å².